The smallest absolute Gasteiger partial charge is 0.362 e. The van der Waals surface area contributed by atoms with Crippen LogP contribution in [-0.2, 0) is 19.6 Å². The van der Waals surface area contributed by atoms with Crippen LogP contribution in [0.5, 0.6) is 5.75 Å². The highest BCUT2D eigenvalue weighted by Gasteiger charge is 2.22. The van der Waals surface area contributed by atoms with E-state index < -0.39 is 28.5 Å². The van der Waals surface area contributed by atoms with Gasteiger partial charge in [-0.25, -0.2) is 22.2 Å². The van der Waals surface area contributed by atoms with Gasteiger partial charge < -0.3 is 14.8 Å². The number of aryl methyl sites for hydroxylation is 1. The van der Waals surface area contributed by atoms with Crippen LogP contribution in [0, 0.1) is 6.92 Å². The number of hydrogen-bond acceptors (Lipinski definition) is 7. The Bertz CT molecular complexity index is 1290. The van der Waals surface area contributed by atoms with Crippen molar-refractivity contribution in [1.29, 1.82) is 0 Å². The highest BCUT2D eigenvalue weighted by Crippen LogP contribution is 2.23. The van der Waals surface area contributed by atoms with Crippen molar-refractivity contribution in [1.82, 2.24) is 14.1 Å². The van der Waals surface area contributed by atoms with E-state index in [0.717, 1.165) is 4.31 Å². The molecule has 0 aliphatic rings. The van der Waals surface area contributed by atoms with E-state index >= 15 is 0 Å². The molecule has 3 aromatic rings. The van der Waals surface area contributed by atoms with E-state index in [1.165, 1.54) is 31.0 Å². The van der Waals surface area contributed by atoms with Gasteiger partial charge in [0.15, 0.2) is 12.4 Å². The molecule has 0 unspecified atom stereocenters. The lowest BCUT2D eigenvalue weighted by atomic mass is 10.2. The zero-order chi connectivity index (χ0) is 24.9. The fourth-order valence-electron chi connectivity index (χ4n) is 3.01. The summed E-state index contributed by atoms with van der Waals surface area (Å²) >= 11 is 0. The van der Waals surface area contributed by atoms with Crippen molar-refractivity contribution in [3.8, 4) is 11.4 Å². The van der Waals surface area contributed by atoms with E-state index in [-0.39, 0.29) is 22.9 Å². The maximum Gasteiger partial charge on any atom is 0.362 e. The second-order valence-corrected chi connectivity index (χ2v) is 9.57. The molecular weight excluding hydrogens is 460 g/mol. The summed E-state index contributed by atoms with van der Waals surface area (Å²) in [4.78, 5) is 24.9. The van der Waals surface area contributed by atoms with Gasteiger partial charge in [0.05, 0.1) is 23.4 Å². The van der Waals surface area contributed by atoms with E-state index in [1.54, 1.807) is 38.1 Å². The molecule has 0 saturated heterocycles. The number of rotatable bonds is 9. The molecule has 1 aromatic heterocycles. The molecule has 0 aliphatic carbocycles. The van der Waals surface area contributed by atoms with Crippen molar-refractivity contribution >= 4 is 27.6 Å². The van der Waals surface area contributed by atoms with Gasteiger partial charge in [-0.2, -0.15) is 5.10 Å². The summed E-state index contributed by atoms with van der Waals surface area (Å²) in [5, 5.41) is 6.85. The molecule has 2 aromatic carbocycles. The van der Waals surface area contributed by atoms with Crippen LogP contribution in [-0.4, -0.2) is 61.7 Å². The first-order valence-electron chi connectivity index (χ1n) is 10.4. The molecule has 0 fully saturated rings. The molecule has 0 aliphatic heterocycles. The number of carbonyl (C=O) groups is 2. The number of benzene rings is 2. The van der Waals surface area contributed by atoms with Crippen LogP contribution in [0.25, 0.3) is 5.69 Å². The summed E-state index contributed by atoms with van der Waals surface area (Å²) in [6.45, 7) is 3.07. The fourth-order valence-corrected chi connectivity index (χ4v) is 4.15. The monoisotopic (exact) mass is 486 g/mol. The molecule has 0 radical (unpaired) electrons. The van der Waals surface area contributed by atoms with Gasteiger partial charge >= 0.3 is 5.97 Å². The van der Waals surface area contributed by atoms with Crippen molar-refractivity contribution in [2.75, 3.05) is 32.6 Å². The normalized spacial score (nSPS) is 11.3. The minimum Gasteiger partial charge on any atom is -0.480 e. The standard InChI is InChI=1S/C23H26N4O6S/c1-5-32-23(29)22-19(14-27(25-22)18-9-7-6-8-10-18)33-15-21(28)24-17-12-11-16(2)20(13-17)34(30,31)26(3)4/h6-14H,5,15H2,1-4H3,(H,24,28). The summed E-state index contributed by atoms with van der Waals surface area (Å²) in [6.07, 6.45) is 1.49. The summed E-state index contributed by atoms with van der Waals surface area (Å²) < 4.78 is 38.2. The number of carbonyl (C=O) groups excluding carboxylic acids is 2. The first kappa shape index (κ1) is 24.9. The van der Waals surface area contributed by atoms with E-state index in [4.69, 9.17) is 9.47 Å². The summed E-state index contributed by atoms with van der Waals surface area (Å²) in [5.41, 5.74) is 1.48. The molecule has 1 amide bonds. The van der Waals surface area contributed by atoms with Gasteiger partial charge in [-0.1, -0.05) is 24.3 Å². The van der Waals surface area contributed by atoms with Crippen LogP contribution in [0.3, 0.4) is 0 Å². The number of sulfonamides is 1. The highest BCUT2D eigenvalue weighted by atomic mass is 32.2. The highest BCUT2D eigenvalue weighted by molar-refractivity contribution is 7.89. The third-order valence-electron chi connectivity index (χ3n) is 4.76. The predicted molar refractivity (Wildman–Crippen MR) is 126 cm³/mol. The van der Waals surface area contributed by atoms with Gasteiger partial charge in [-0.3, -0.25) is 4.79 Å². The van der Waals surface area contributed by atoms with Crippen LogP contribution >= 0.6 is 0 Å². The number of hydrogen-bond donors (Lipinski definition) is 1. The Labute approximate surface area is 198 Å². The third kappa shape index (κ3) is 5.61. The fraction of sp³-hybridized carbons (Fsp3) is 0.261. The molecule has 0 atom stereocenters. The zero-order valence-corrected chi connectivity index (χ0v) is 20.1. The number of nitrogens with one attached hydrogen (secondary N) is 1. The maximum absolute atomic E-state index is 12.5. The topological polar surface area (TPSA) is 120 Å². The number of para-hydroxylation sites is 1. The zero-order valence-electron chi connectivity index (χ0n) is 19.3. The molecule has 1 N–H and O–H groups in total. The quantitative estimate of drug-likeness (QED) is 0.462. The van der Waals surface area contributed by atoms with Gasteiger partial charge in [0.25, 0.3) is 5.91 Å². The number of nitrogens with zero attached hydrogens (tertiary/aromatic N) is 3. The van der Waals surface area contributed by atoms with Crippen molar-refractivity contribution in [2.24, 2.45) is 0 Å². The van der Waals surface area contributed by atoms with E-state index in [1.807, 2.05) is 18.2 Å². The summed E-state index contributed by atoms with van der Waals surface area (Å²) in [5.74, 6) is -1.14. The molecular formula is C23H26N4O6S. The van der Waals surface area contributed by atoms with E-state index in [9.17, 15) is 18.0 Å². The van der Waals surface area contributed by atoms with Crippen molar-refractivity contribution in [3.05, 3.63) is 66.0 Å². The molecule has 1 heterocycles. The number of anilines is 1. The van der Waals surface area contributed by atoms with Crippen LogP contribution < -0.4 is 10.1 Å². The van der Waals surface area contributed by atoms with Crippen LogP contribution in [0.4, 0.5) is 5.69 Å². The third-order valence-corrected chi connectivity index (χ3v) is 6.72. The Morgan fingerprint density at radius 2 is 1.82 bits per heavy atom. The molecule has 10 nitrogen and oxygen atoms in total. The van der Waals surface area contributed by atoms with Crippen LogP contribution in [0.15, 0.2) is 59.6 Å². The van der Waals surface area contributed by atoms with E-state index in [0.29, 0.717) is 16.9 Å². The second-order valence-electron chi connectivity index (χ2n) is 7.45. The Morgan fingerprint density at radius 3 is 2.47 bits per heavy atom. The molecule has 11 heteroatoms. The largest absolute Gasteiger partial charge is 0.480 e. The lowest BCUT2D eigenvalue weighted by Gasteiger charge is -2.15. The molecule has 3 rings (SSSR count). The molecule has 180 valence electrons. The Morgan fingerprint density at radius 1 is 1.12 bits per heavy atom. The molecule has 34 heavy (non-hydrogen) atoms. The van der Waals surface area contributed by atoms with Crippen LogP contribution in [0.1, 0.15) is 23.0 Å². The van der Waals surface area contributed by atoms with Gasteiger partial charge in [-0.15, -0.1) is 0 Å². The SMILES string of the molecule is CCOC(=O)c1nn(-c2ccccc2)cc1OCC(=O)Nc1ccc(C)c(S(=O)(=O)N(C)C)c1. The van der Waals surface area contributed by atoms with Gasteiger partial charge in [0.1, 0.15) is 0 Å². The predicted octanol–water partition coefficient (Wildman–Crippen LogP) is 2.63. The van der Waals surface area contributed by atoms with Crippen molar-refractivity contribution in [2.45, 2.75) is 18.7 Å². The number of aromatic nitrogens is 2. The second kappa shape index (κ2) is 10.5. The minimum atomic E-state index is -3.68. The van der Waals surface area contributed by atoms with Crippen molar-refractivity contribution < 1.29 is 27.5 Å². The average molecular weight is 487 g/mol. The number of esters is 1. The van der Waals surface area contributed by atoms with Crippen molar-refractivity contribution in [3.63, 3.8) is 0 Å². The van der Waals surface area contributed by atoms with Gasteiger partial charge in [0, 0.05) is 19.8 Å². The first-order valence-corrected chi connectivity index (χ1v) is 11.9. The maximum atomic E-state index is 12.5. The number of ether oxygens (including phenoxy) is 2. The lowest BCUT2D eigenvalue weighted by Crippen LogP contribution is -2.24. The van der Waals surface area contributed by atoms with Gasteiger partial charge in [0.2, 0.25) is 15.7 Å². The lowest BCUT2D eigenvalue weighted by molar-refractivity contribution is -0.118. The number of amides is 1. The molecule has 0 spiro atoms. The van der Waals surface area contributed by atoms with Crippen LogP contribution in [0.2, 0.25) is 0 Å². The Hall–Kier alpha value is -3.70. The summed E-state index contributed by atoms with van der Waals surface area (Å²) in [6, 6.07) is 13.7. The first-order chi connectivity index (χ1) is 16.1. The Kier molecular flexibility index (Phi) is 7.69. The Balaban J connectivity index is 1.77. The summed E-state index contributed by atoms with van der Waals surface area (Å²) in [7, 11) is -0.807. The van der Waals surface area contributed by atoms with Gasteiger partial charge in [-0.05, 0) is 43.7 Å². The molecule has 0 bridgehead atoms. The minimum absolute atomic E-state index is 0.0619. The van der Waals surface area contributed by atoms with E-state index in [2.05, 4.69) is 10.4 Å². The average Bonchev–Trinajstić information content (AvgIpc) is 3.24. The molecule has 0 saturated carbocycles.